The van der Waals surface area contributed by atoms with E-state index in [-0.39, 0.29) is 0 Å². The predicted octanol–water partition coefficient (Wildman–Crippen LogP) is 3.49. The van der Waals surface area contributed by atoms with Crippen molar-refractivity contribution in [3.63, 3.8) is 0 Å². The number of pyridine rings is 2. The van der Waals surface area contributed by atoms with Crippen molar-refractivity contribution in [2.75, 3.05) is 7.11 Å². The molecule has 4 nitrogen and oxygen atoms in total. The summed E-state index contributed by atoms with van der Waals surface area (Å²) in [7, 11) is 1.56. The Labute approximate surface area is 122 Å². The Hall–Kier alpha value is -2.93. The molecule has 0 aliphatic rings. The lowest BCUT2D eigenvalue weighted by Crippen LogP contribution is -1.98. The minimum atomic E-state index is 0.469. The number of nitriles is 1. The average molecular weight is 275 g/mol. The van der Waals surface area contributed by atoms with Gasteiger partial charge >= 0.3 is 0 Å². The molecule has 0 radical (unpaired) electrons. The first-order valence-electron chi connectivity index (χ1n) is 6.55. The van der Waals surface area contributed by atoms with Gasteiger partial charge in [-0.25, -0.2) is 9.97 Å². The molecule has 21 heavy (non-hydrogen) atoms. The van der Waals surface area contributed by atoms with Gasteiger partial charge in [-0.2, -0.15) is 5.26 Å². The molecular weight excluding hydrogens is 262 g/mol. The van der Waals surface area contributed by atoms with Crippen LogP contribution in [0.4, 0.5) is 0 Å². The maximum Gasteiger partial charge on any atom is 0.222 e. The molecular formula is C17H13N3O. The number of methoxy groups -OCH3 is 1. The Balaban J connectivity index is 2.40. The Kier molecular flexibility index (Phi) is 3.25. The van der Waals surface area contributed by atoms with Gasteiger partial charge in [-0.1, -0.05) is 18.2 Å². The fourth-order valence-corrected chi connectivity index (χ4v) is 2.44. The summed E-state index contributed by atoms with van der Waals surface area (Å²) in [5.74, 6) is 0.469. The Bertz CT molecular complexity index is 866. The number of fused-ring (bicyclic) bond motifs is 1. The number of ether oxygens (including phenoxy) is 1. The van der Waals surface area contributed by atoms with Crippen LogP contribution in [0.5, 0.6) is 5.88 Å². The molecule has 3 aromatic rings. The van der Waals surface area contributed by atoms with Crippen molar-refractivity contribution in [3.05, 3.63) is 53.7 Å². The van der Waals surface area contributed by atoms with Crippen LogP contribution in [0, 0.1) is 18.3 Å². The van der Waals surface area contributed by atoms with Gasteiger partial charge in [-0.15, -0.1) is 0 Å². The molecule has 0 aliphatic heterocycles. The zero-order valence-electron chi connectivity index (χ0n) is 11.8. The maximum absolute atomic E-state index is 9.53. The van der Waals surface area contributed by atoms with Crippen LogP contribution < -0.4 is 4.74 Å². The Morgan fingerprint density at radius 3 is 2.71 bits per heavy atom. The summed E-state index contributed by atoms with van der Waals surface area (Å²) in [6.07, 6.45) is 1.66. The second-order valence-electron chi connectivity index (χ2n) is 4.65. The molecule has 0 atom stereocenters. The van der Waals surface area contributed by atoms with Crippen molar-refractivity contribution in [1.29, 1.82) is 5.26 Å². The zero-order chi connectivity index (χ0) is 14.8. The topological polar surface area (TPSA) is 58.8 Å². The molecule has 3 rings (SSSR count). The maximum atomic E-state index is 9.53. The molecule has 0 spiro atoms. The van der Waals surface area contributed by atoms with Gasteiger partial charge in [-0.3, -0.25) is 0 Å². The fraction of sp³-hybridized carbons (Fsp3) is 0.118. The third kappa shape index (κ3) is 2.09. The lowest BCUT2D eigenvalue weighted by atomic mass is 9.99. The van der Waals surface area contributed by atoms with Gasteiger partial charge in [0.2, 0.25) is 5.88 Å². The second kappa shape index (κ2) is 5.22. The molecule has 0 bridgehead atoms. The highest BCUT2D eigenvalue weighted by Crippen LogP contribution is 2.33. The molecule has 0 amide bonds. The van der Waals surface area contributed by atoms with Crippen LogP contribution in [0.1, 0.15) is 11.1 Å². The average Bonchev–Trinajstić information content (AvgIpc) is 2.54. The number of benzene rings is 1. The quantitative estimate of drug-likeness (QED) is 0.718. The molecule has 4 heteroatoms. The molecule has 0 fully saturated rings. The lowest BCUT2D eigenvalue weighted by molar-refractivity contribution is 0.399. The molecule has 102 valence electrons. The highest BCUT2D eigenvalue weighted by Gasteiger charge is 2.17. The number of hydrogen-bond acceptors (Lipinski definition) is 4. The first kappa shape index (κ1) is 13.1. The summed E-state index contributed by atoms with van der Waals surface area (Å²) in [6, 6.07) is 13.7. The summed E-state index contributed by atoms with van der Waals surface area (Å²) in [5.41, 5.74) is 3.67. The van der Waals surface area contributed by atoms with Crippen molar-refractivity contribution in [3.8, 4) is 23.2 Å². The molecule has 2 heterocycles. The van der Waals surface area contributed by atoms with Crippen LogP contribution in [0.3, 0.4) is 0 Å². The Morgan fingerprint density at radius 1 is 1.14 bits per heavy atom. The molecule has 0 saturated carbocycles. The molecule has 0 unspecified atom stereocenters. The van der Waals surface area contributed by atoms with Crippen LogP contribution in [0.25, 0.3) is 22.2 Å². The van der Waals surface area contributed by atoms with Crippen molar-refractivity contribution in [2.45, 2.75) is 6.92 Å². The van der Waals surface area contributed by atoms with E-state index in [2.05, 4.69) is 16.0 Å². The van der Waals surface area contributed by atoms with Gasteiger partial charge in [0, 0.05) is 11.6 Å². The minimum absolute atomic E-state index is 0.469. The van der Waals surface area contributed by atoms with Gasteiger partial charge in [0.15, 0.2) is 0 Å². The highest BCUT2D eigenvalue weighted by atomic mass is 16.5. The smallest absolute Gasteiger partial charge is 0.222 e. The molecule has 0 aliphatic carbocycles. The number of aryl methyl sites for hydroxylation is 1. The predicted molar refractivity (Wildman–Crippen MR) is 81.0 cm³/mol. The first-order chi connectivity index (χ1) is 10.3. The largest absolute Gasteiger partial charge is 0.481 e. The van der Waals surface area contributed by atoms with Gasteiger partial charge in [0.05, 0.1) is 29.4 Å². The number of rotatable bonds is 2. The Morgan fingerprint density at radius 2 is 1.95 bits per heavy atom. The summed E-state index contributed by atoms with van der Waals surface area (Å²) in [5, 5.41) is 10.5. The summed E-state index contributed by atoms with van der Waals surface area (Å²) >= 11 is 0. The number of para-hydroxylation sites is 1. The van der Waals surface area contributed by atoms with E-state index in [4.69, 9.17) is 4.74 Å². The number of nitrogens with zero attached hydrogens (tertiary/aromatic N) is 3. The van der Waals surface area contributed by atoms with Gasteiger partial charge < -0.3 is 4.74 Å². The minimum Gasteiger partial charge on any atom is -0.481 e. The van der Waals surface area contributed by atoms with Crippen LogP contribution in [0.15, 0.2) is 42.6 Å². The normalized spacial score (nSPS) is 10.3. The molecule has 0 N–H and O–H groups in total. The lowest BCUT2D eigenvalue weighted by Gasteiger charge is -2.11. The van der Waals surface area contributed by atoms with Crippen LogP contribution in [-0.4, -0.2) is 17.1 Å². The van der Waals surface area contributed by atoms with Crippen molar-refractivity contribution >= 4 is 10.9 Å². The van der Waals surface area contributed by atoms with Crippen LogP contribution in [-0.2, 0) is 0 Å². The molecule has 1 aromatic carbocycles. The summed E-state index contributed by atoms with van der Waals surface area (Å²) in [6.45, 7) is 1.94. The second-order valence-corrected chi connectivity index (χ2v) is 4.65. The third-order valence-electron chi connectivity index (χ3n) is 3.48. The summed E-state index contributed by atoms with van der Waals surface area (Å²) < 4.78 is 5.29. The highest BCUT2D eigenvalue weighted by molar-refractivity contribution is 5.89. The summed E-state index contributed by atoms with van der Waals surface area (Å²) in [4.78, 5) is 8.83. The van der Waals surface area contributed by atoms with E-state index in [1.165, 1.54) is 0 Å². The third-order valence-corrected chi connectivity index (χ3v) is 3.48. The van der Waals surface area contributed by atoms with E-state index in [1.54, 1.807) is 13.3 Å². The van der Waals surface area contributed by atoms with Crippen molar-refractivity contribution in [1.82, 2.24) is 9.97 Å². The number of hydrogen-bond donors (Lipinski definition) is 0. The molecule has 0 saturated heterocycles. The van der Waals surface area contributed by atoms with Crippen molar-refractivity contribution < 1.29 is 4.74 Å². The zero-order valence-corrected chi connectivity index (χ0v) is 11.8. The van der Waals surface area contributed by atoms with Gasteiger partial charge in [-0.05, 0) is 30.7 Å². The monoisotopic (exact) mass is 275 g/mol. The standard InChI is InChI=1S/C17H13N3O/c1-11-12-6-3-4-8-15(12)20-16(14(11)10-18)13-7-5-9-19-17(13)21-2/h3-9H,1-2H3. The number of aromatic nitrogens is 2. The van der Waals surface area contributed by atoms with E-state index >= 15 is 0 Å². The van der Waals surface area contributed by atoms with Gasteiger partial charge in [0.25, 0.3) is 0 Å². The van der Waals surface area contributed by atoms with Crippen molar-refractivity contribution in [2.24, 2.45) is 0 Å². The van der Waals surface area contributed by atoms with E-state index in [0.717, 1.165) is 22.0 Å². The first-order valence-corrected chi connectivity index (χ1v) is 6.55. The van der Waals surface area contributed by atoms with E-state index in [0.29, 0.717) is 17.1 Å². The SMILES string of the molecule is COc1ncccc1-c1nc2ccccc2c(C)c1C#N. The fourth-order valence-electron chi connectivity index (χ4n) is 2.44. The van der Waals surface area contributed by atoms with Crippen LogP contribution in [0.2, 0.25) is 0 Å². The van der Waals surface area contributed by atoms with E-state index < -0.39 is 0 Å². The van der Waals surface area contributed by atoms with Crippen LogP contribution >= 0.6 is 0 Å². The van der Waals surface area contributed by atoms with E-state index in [1.807, 2.05) is 43.3 Å². The van der Waals surface area contributed by atoms with E-state index in [9.17, 15) is 5.26 Å². The van der Waals surface area contributed by atoms with Gasteiger partial charge in [0.1, 0.15) is 6.07 Å². The molecule has 2 aromatic heterocycles.